The van der Waals surface area contributed by atoms with E-state index >= 15 is 0 Å². The van der Waals surface area contributed by atoms with Crippen LogP contribution in [-0.4, -0.2) is 59.6 Å². The van der Waals surface area contributed by atoms with Crippen molar-refractivity contribution < 1.29 is 9.90 Å². The van der Waals surface area contributed by atoms with Gasteiger partial charge in [0.1, 0.15) is 0 Å². The number of likely N-dealkylation sites (tertiary alicyclic amines) is 1. The zero-order chi connectivity index (χ0) is 16.0. The van der Waals surface area contributed by atoms with Gasteiger partial charge in [-0.25, -0.2) is 0 Å². The lowest BCUT2D eigenvalue weighted by atomic mass is 9.93. The minimum atomic E-state index is -0.273. The van der Waals surface area contributed by atoms with E-state index in [1.807, 2.05) is 11.8 Å². The monoisotopic (exact) mass is 298 g/mol. The summed E-state index contributed by atoms with van der Waals surface area (Å²) in [7, 11) is 0. The van der Waals surface area contributed by atoms with Crippen LogP contribution in [0.1, 0.15) is 47.5 Å². The predicted octanol–water partition coefficient (Wildman–Crippen LogP) is 2.22. The van der Waals surface area contributed by atoms with Gasteiger partial charge in [-0.05, 0) is 44.1 Å². The maximum absolute atomic E-state index is 12.6. The van der Waals surface area contributed by atoms with Crippen molar-refractivity contribution in [1.29, 1.82) is 0 Å². The maximum Gasteiger partial charge on any atom is 0.236 e. The summed E-state index contributed by atoms with van der Waals surface area (Å²) in [6.45, 7) is 14.5. The van der Waals surface area contributed by atoms with Gasteiger partial charge in [-0.1, -0.05) is 27.7 Å². The molecule has 0 aromatic carbocycles. The van der Waals surface area contributed by atoms with Crippen LogP contribution in [0.5, 0.6) is 0 Å². The Morgan fingerprint density at radius 3 is 2.24 bits per heavy atom. The second-order valence-electron chi connectivity index (χ2n) is 7.46. The third-order valence-electron chi connectivity index (χ3n) is 4.11. The fourth-order valence-electron chi connectivity index (χ4n) is 3.08. The molecule has 124 valence electrons. The normalized spacial score (nSPS) is 21.8. The molecule has 0 saturated carbocycles. The summed E-state index contributed by atoms with van der Waals surface area (Å²) in [5.74, 6) is 1.55. The number of carbonyl (C=O) groups excluding carboxylic acids is 1. The lowest BCUT2D eigenvalue weighted by Crippen LogP contribution is -2.47. The quantitative estimate of drug-likeness (QED) is 0.784. The Kier molecular flexibility index (Phi) is 7.67. The Bertz CT molecular complexity index is 306. The molecule has 4 heteroatoms. The van der Waals surface area contributed by atoms with Gasteiger partial charge in [0.25, 0.3) is 0 Å². The first-order chi connectivity index (χ1) is 9.79. The molecule has 0 radical (unpaired) electrons. The second-order valence-corrected chi connectivity index (χ2v) is 7.46. The van der Waals surface area contributed by atoms with Crippen molar-refractivity contribution in [2.45, 2.75) is 53.6 Å². The van der Waals surface area contributed by atoms with Gasteiger partial charge in [0, 0.05) is 19.6 Å². The van der Waals surface area contributed by atoms with E-state index in [1.54, 1.807) is 0 Å². The zero-order valence-corrected chi connectivity index (χ0v) is 14.5. The van der Waals surface area contributed by atoms with Gasteiger partial charge in [-0.15, -0.1) is 0 Å². The van der Waals surface area contributed by atoms with E-state index in [-0.39, 0.29) is 12.0 Å². The topological polar surface area (TPSA) is 43.8 Å². The van der Waals surface area contributed by atoms with Gasteiger partial charge in [0.15, 0.2) is 0 Å². The molecule has 0 bridgehead atoms. The molecule has 2 atom stereocenters. The van der Waals surface area contributed by atoms with Crippen LogP contribution in [0.4, 0.5) is 0 Å². The Balaban J connectivity index is 2.55. The standard InChI is InChI=1S/C17H34N2O2/c1-13(2)9-19(10-14(3)4)17(21)12-18-8-6-7-16(11-18)15(5)20/h13-16,20H,6-12H2,1-5H3. The molecule has 1 N–H and O–H groups in total. The van der Waals surface area contributed by atoms with E-state index in [4.69, 9.17) is 0 Å². The molecule has 1 aliphatic heterocycles. The summed E-state index contributed by atoms with van der Waals surface area (Å²) in [6, 6.07) is 0. The molecule has 0 spiro atoms. The van der Waals surface area contributed by atoms with Crippen molar-refractivity contribution in [2.75, 3.05) is 32.7 Å². The van der Waals surface area contributed by atoms with Crippen LogP contribution in [0.15, 0.2) is 0 Å². The number of aliphatic hydroxyl groups is 1. The number of aliphatic hydroxyl groups excluding tert-OH is 1. The summed E-state index contributed by atoms with van der Waals surface area (Å²) in [4.78, 5) is 16.8. The Morgan fingerprint density at radius 1 is 1.19 bits per heavy atom. The van der Waals surface area contributed by atoms with Gasteiger partial charge in [0.05, 0.1) is 12.6 Å². The second kappa shape index (κ2) is 8.74. The molecule has 21 heavy (non-hydrogen) atoms. The minimum Gasteiger partial charge on any atom is -0.393 e. The highest BCUT2D eigenvalue weighted by Crippen LogP contribution is 2.19. The Hall–Kier alpha value is -0.610. The van der Waals surface area contributed by atoms with Crippen molar-refractivity contribution in [3.63, 3.8) is 0 Å². The van der Waals surface area contributed by atoms with Crippen molar-refractivity contribution in [3.05, 3.63) is 0 Å². The largest absolute Gasteiger partial charge is 0.393 e. The number of amides is 1. The van der Waals surface area contributed by atoms with Gasteiger partial charge >= 0.3 is 0 Å². The highest BCUT2D eigenvalue weighted by molar-refractivity contribution is 5.78. The zero-order valence-electron chi connectivity index (χ0n) is 14.5. The highest BCUT2D eigenvalue weighted by atomic mass is 16.3. The van der Waals surface area contributed by atoms with E-state index in [9.17, 15) is 9.90 Å². The van der Waals surface area contributed by atoms with Gasteiger partial charge in [-0.2, -0.15) is 0 Å². The molecule has 1 saturated heterocycles. The smallest absolute Gasteiger partial charge is 0.236 e. The molecular formula is C17H34N2O2. The third kappa shape index (κ3) is 6.79. The van der Waals surface area contributed by atoms with E-state index in [1.165, 1.54) is 0 Å². The number of hydrogen-bond donors (Lipinski definition) is 1. The first-order valence-electron chi connectivity index (χ1n) is 8.47. The van der Waals surface area contributed by atoms with E-state index < -0.39 is 0 Å². The average molecular weight is 298 g/mol. The molecule has 1 aliphatic rings. The summed E-state index contributed by atoms with van der Waals surface area (Å²) in [5.41, 5.74) is 0. The molecule has 2 unspecified atom stereocenters. The number of hydrogen-bond acceptors (Lipinski definition) is 3. The van der Waals surface area contributed by atoms with Gasteiger partial charge in [0.2, 0.25) is 5.91 Å². The van der Waals surface area contributed by atoms with Crippen LogP contribution in [0, 0.1) is 17.8 Å². The fourth-order valence-corrected chi connectivity index (χ4v) is 3.08. The SMILES string of the molecule is CC(C)CN(CC(C)C)C(=O)CN1CCCC(C(C)O)C1. The van der Waals surface area contributed by atoms with Crippen LogP contribution in [-0.2, 0) is 4.79 Å². The molecule has 1 rings (SSSR count). The van der Waals surface area contributed by atoms with E-state index in [0.29, 0.717) is 24.3 Å². The summed E-state index contributed by atoms with van der Waals surface area (Å²) in [6.07, 6.45) is 1.88. The molecule has 1 fully saturated rings. The molecule has 0 aromatic rings. The first kappa shape index (κ1) is 18.4. The maximum atomic E-state index is 12.6. The summed E-state index contributed by atoms with van der Waals surface area (Å²) >= 11 is 0. The predicted molar refractivity (Wildman–Crippen MR) is 87.1 cm³/mol. The number of rotatable bonds is 7. The Morgan fingerprint density at radius 2 is 1.76 bits per heavy atom. The lowest BCUT2D eigenvalue weighted by molar-refractivity contribution is -0.134. The third-order valence-corrected chi connectivity index (χ3v) is 4.11. The molecule has 1 heterocycles. The molecule has 4 nitrogen and oxygen atoms in total. The average Bonchev–Trinajstić information content (AvgIpc) is 2.37. The first-order valence-corrected chi connectivity index (χ1v) is 8.47. The highest BCUT2D eigenvalue weighted by Gasteiger charge is 2.26. The Labute approximate surface area is 130 Å². The van der Waals surface area contributed by atoms with Crippen molar-refractivity contribution in [1.82, 2.24) is 9.80 Å². The minimum absolute atomic E-state index is 0.239. The fraction of sp³-hybridized carbons (Fsp3) is 0.941. The van der Waals surface area contributed by atoms with Gasteiger partial charge in [-0.3, -0.25) is 9.69 Å². The van der Waals surface area contributed by atoms with Crippen LogP contribution in [0.3, 0.4) is 0 Å². The van der Waals surface area contributed by atoms with E-state index in [0.717, 1.165) is 39.0 Å². The van der Waals surface area contributed by atoms with Crippen molar-refractivity contribution in [2.24, 2.45) is 17.8 Å². The molecular weight excluding hydrogens is 264 g/mol. The summed E-state index contributed by atoms with van der Waals surface area (Å²) in [5, 5.41) is 9.75. The lowest BCUT2D eigenvalue weighted by Gasteiger charge is -2.35. The van der Waals surface area contributed by atoms with Gasteiger partial charge < -0.3 is 10.0 Å². The summed E-state index contributed by atoms with van der Waals surface area (Å²) < 4.78 is 0. The van der Waals surface area contributed by atoms with Crippen LogP contribution in [0.25, 0.3) is 0 Å². The number of nitrogens with zero attached hydrogens (tertiary/aromatic N) is 2. The molecule has 0 aromatic heterocycles. The molecule has 0 aliphatic carbocycles. The van der Waals surface area contributed by atoms with Crippen molar-refractivity contribution >= 4 is 5.91 Å². The molecule has 1 amide bonds. The van der Waals surface area contributed by atoms with Crippen LogP contribution >= 0.6 is 0 Å². The number of carbonyl (C=O) groups is 1. The number of piperidine rings is 1. The van der Waals surface area contributed by atoms with E-state index in [2.05, 4.69) is 32.6 Å². The van der Waals surface area contributed by atoms with Crippen LogP contribution in [0.2, 0.25) is 0 Å². The van der Waals surface area contributed by atoms with Crippen molar-refractivity contribution in [3.8, 4) is 0 Å². The van der Waals surface area contributed by atoms with Crippen LogP contribution < -0.4 is 0 Å².